The molecule has 0 aromatic heterocycles. The average Bonchev–Trinajstić information content (AvgIpc) is 2.34. The molecule has 1 rings (SSSR count). The molecule has 0 heterocycles. The first-order chi connectivity index (χ1) is 8.84. The lowest BCUT2D eigenvalue weighted by molar-refractivity contribution is -0.131. The van der Waals surface area contributed by atoms with E-state index in [4.69, 9.17) is 16.7 Å². The third-order valence-corrected chi connectivity index (χ3v) is 2.97. The molecule has 1 aromatic rings. The third-order valence-electron chi connectivity index (χ3n) is 2.43. The Kier molecular flexibility index (Phi) is 5.18. The Morgan fingerprint density at radius 1 is 1.32 bits per heavy atom. The van der Waals surface area contributed by atoms with Gasteiger partial charge >= 0.3 is 5.97 Å². The maximum absolute atomic E-state index is 12.9. The Labute approximate surface area is 113 Å². The molecule has 0 saturated carbocycles. The standard InChI is InChI=1S/C13H11ClF2O3/c1-7(17)12(14)9-3-2-4-10(13(15)16)8(9)5-6-11(18)19/h2-6,12-13H,1H3,(H,18,19). The largest absolute Gasteiger partial charge is 0.478 e. The normalized spacial score (nSPS) is 12.9. The minimum absolute atomic E-state index is 0.0323. The molecule has 0 aliphatic rings. The quantitative estimate of drug-likeness (QED) is 0.665. The average molecular weight is 289 g/mol. The molecule has 1 N–H and O–H groups in total. The summed E-state index contributed by atoms with van der Waals surface area (Å²) < 4.78 is 25.8. The minimum Gasteiger partial charge on any atom is -0.478 e. The maximum Gasteiger partial charge on any atom is 0.328 e. The van der Waals surface area contributed by atoms with Crippen LogP contribution in [0.4, 0.5) is 8.78 Å². The number of benzene rings is 1. The zero-order valence-corrected chi connectivity index (χ0v) is 10.7. The molecular weight excluding hydrogens is 278 g/mol. The fourth-order valence-electron chi connectivity index (χ4n) is 1.58. The van der Waals surface area contributed by atoms with Crippen LogP contribution in [0.25, 0.3) is 6.08 Å². The number of carbonyl (C=O) groups is 2. The van der Waals surface area contributed by atoms with Gasteiger partial charge in [0.05, 0.1) is 0 Å². The second-order valence-corrected chi connectivity index (χ2v) is 4.23. The summed E-state index contributed by atoms with van der Waals surface area (Å²) in [5.41, 5.74) is -0.221. The van der Waals surface area contributed by atoms with Crippen LogP contribution in [-0.4, -0.2) is 16.9 Å². The lowest BCUT2D eigenvalue weighted by Gasteiger charge is -2.14. The van der Waals surface area contributed by atoms with Crippen molar-refractivity contribution in [3.63, 3.8) is 0 Å². The van der Waals surface area contributed by atoms with Gasteiger partial charge in [0.1, 0.15) is 5.38 Å². The molecule has 0 spiro atoms. The van der Waals surface area contributed by atoms with Crippen LogP contribution in [0.2, 0.25) is 0 Å². The summed E-state index contributed by atoms with van der Waals surface area (Å²) in [7, 11) is 0. The second-order valence-electron chi connectivity index (χ2n) is 3.80. The SMILES string of the molecule is CC(=O)C(Cl)c1cccc(C(F)F)c1C=CC(=O)O. The van der Waals surface area contributed by atoms with Crippen molar-refractivity contribution in [1.82, 2.24) is 0 Å². The van der Waals surface area contributed by atoms with E-state index in [2.05, 4.69) is 0 Å². The zero-order chi connectivity index (χ0) is 14.6. The fourth-order valence-corrected chi connectivity index (χ4v) is 1.77. The monoisotopic (exact) mass is 288 g/mol. The van der Waals surface area contributed by atoms with Crippen LogP contribution in [0.5, 0.6) is 0 Å². The van der Waals surface area contributed by atoms with Gasteiger partial charge in [-0.15, -0.1) is 11.6 Å². The van der Waals surface area contributed by atoms with E-state index in [1.54, 1.807) is 0 Å². The number of hydrogen-bond donors (Lipinski definition) is 1. The Morgan fingerprint density at radius 3 is 2.37 bits per heavy atom. The molecule has 1 atom stereocenters. The molecule has 1 aromatic carbocycles. The number of alkyl halides is 3. The molecule has 102 valence electrons. The molecular formula is C13H11ClF2O3. The van der Waals surface area contributed by atoms with Gasteiger partial charge in [-0.25, -0.2) is 13.6 Å². The highest BCUT2D eigenvalue weighted by Crippen LogP contribution is 2.32. The first-order valence-corrected chi connectivity index (χ1v) is 5.74. The molecule has 0 radical (unpaired) electrons. The van der Waals surface area contributed by atoms with Crippen LogP contribution in [-0.2, 0) is 9.59 Å². The van der Waals surface area contributed by atoms with Gasteiger partial charge in [0.25, 0.3) is 6.43 Å². The van der Waals surface area contributed by atoms with Crippen molar-refractivity contribution in [2.24, 2.45) is 0 Å². The minimum atomic E-state index is -2.79. The summed E-state index contributed by atoms with van der Waals surface area (Å²) in [6, 6.07) is 3.94. The molecule has 0 amide bonds. The number of carboxylic acid groups (broad SMARTS) is 1. The zero-order valence-electron chi connectivity index (χ0n) is 9.94. The maximum atomic E-state index is 12.9. The third kappa shape index (κ3) is 3.86. The molecule has 0 bridgehead atoms. The van der Waals surface area contributed by atoms with Crippen molar-refractivity contribution < 1.29 is 23.5 Å². The molecule has 0 saturated heterocycles. The highest BCUT2D eigenvalue weighted by Gasteiger charge is 2.21. The van der Waals surface area contributed by atoms with Gasteiger partial charge in [-0.3, -0.25) is 4.79 Å². The van der Waals surface area contributed by atoms with E-state index < -0.39 is 23.6 Å². The summed E-state index contributed by atoms with van der Waals surface area (Å²) in [6.07, 6.45) is -1.03. The van der Waals surface area contributed by atoms with Crippen molar-refractivity contribution in [2.75, 3.05) is 0 Å². The summed E-state index contributed by atoms with van der Waals surface area (Å²) in [5.74, 6) is -1.68. The Bertz CT molecular complexity index is 527. The van der Waals surface area contributed by atoms with Gasteiger partial charge < -0.3 is 5.11 Å². The molecule has 3 nitrogen and oxygen atoms in total. The number of carboxylic acids is 1. The molecule has 1 unspecified atom stereocenters. The van der Waals surface area contributed by atoms with E-state index in [0.717, 1.165) is 12.2 Å². The first-order valence-electron chi connectivity index (χ1n) is 5.31. The molecule has 6 heteroatoms. The fraction of sp³-hybridized carbons (Fsp3) is 0.231. The van der Waals surface area contributed by atoms with E-state index >= 15 is 0 Å². The van der Waals surface area contributed by atoms with Crippen molar-refractivity contribution in [3.8, 4) is 0 Å². The van der Waals surface area contributed by atoms with E-state index in [-0.39, 0.29) is 16.7 Å². The van der Waals surface area contributed by atoms with Crippen LogP contribution in [0.1, 0.15) is 35.4 Å². The van der Waals surface area contributed by atoms with Crippen LogP contribution in [0.3, 0.4) is 0 Å². The number of hydrogen-bond acceptors (Lipinski definition) is 2. The molecule has 0 aliphatic carbocycles. The summed E-state index contributed by atoms with van der Waals surface area (Å²) >= 11 is 5.86. The van der Waals surface area contributed by atoms with E-state index in [9.17, 15) is 18.4 Å². The number of carbonyl (C=O) groups excluding carboxylic acids is 1. The molecule has 0 aliphatic heterocycles. The van der Waals surface area contributed by atoms with Gasteiger partial charge in [-0.1, -0.05) is 18.2 Å². The van der Waals surface area contributed by atoms with E-state index in [1.165, 1.54) is 25.1 Å². The van der Waals surface area contributed by atoms with E-state index in [1.807, 2.05) is 0 Å². The second kappa shape index (κ2) is 6.43. The van der Waals surface area contributed by atoms with Gasteiger partial charge in [-0.05, 0) is 24.1 Å². The van der Waals surface area contributed by atoms with Gasteiger partial charge in [0, 0.05) is 11.6 Å². The predicted molar refractivity (Wildman–Crippen MR) is 67.3 cm³/mol. The number of ketones is 1. The number of rotatable bonds is 5. The Balaban J connectivity index is 3.41. The van der Waals surface area contributed by atoms with Crippen molar-refractivity contribution in [2.45, 2.75) is 18.7 Å². The number of halogens is 3. The van der Waals surface area contributed by atoms with Crippen LogP contribution < -0.4 is 0 Å². The highest BCUT2D eigenvalue weighted by atomic mass is 35.5. The Morgan fingerprint density at radius 2 is 1.89 bits per heavy atom. The lowest BCUT2D eigenvalue weighted by atomic mass is 9.96. The smallest absolute Gasteiger partial charge is 0.328 e. The molecule has 19 heavy (non-hydrogen) atoms. The lowest BCUT2D eigenvalue weighted by Crippen LogP contribution is -2.06. The summed E-state index contributed by atoms with van der Waals surface area (Å²) in [6.45, 7) is 1.23. The van der Waals surface area contributed by atoms with Gasteiger partial charge in [0.2, 0.25) is 0 Å². The predicted octanol–water partition coefficient (Wildman–Crippen LogP) is 3.59. The van der Waals surface area contributed by atoms with Gasteiger partial charge in [0.15, 0.2) is 5.78 Å². The first kappa shape index (κ1) is 15.3. The molecule has 0 fully saturated rings. The topological polar surface area (TPSA) is 54.4 Å². The summed E-state index contributed by atoms with van der Waals surface area (Å²) in [4.78, 5) is 21.8. The van der Waals surface area contributed by atoms with Crippen molar-refractivity contribution in [3.05, 3.63) is 41.0 Å². The van der Waals surface area contributed by atoms with Crippen molar-refractivity contribution >= 4 is 29.4 Å². The number of aliphatic carboxylic acids is 1. The van der Waals surface area contributed by atoms with Crippen LogP contribution in [0.15, 0.2) is 24.3 Å². The van der Waals surface area contributed by atoms with Gasteiger partial charge in [-0.2, -0.15) is 0 Å². The number of Topliss-reactive ketones (excluding diaryl/α,β-unsaturated/α-hetero) is 1. The summed E-state index contributed by atoms with van der Waals surface area (Å²) in [5, 5.41) is 7.48. The van der Waals surface area contributed by atoms with Crippen LogP contribution in [0, 0.1) is 0 Å². The van der Waals surface area contributed by atoms with E-state index in [0.29, 0.717) is 0 Å². The Hall–Kier alpha value is -1.75. The van der Waals surface area contributed by atoms with Crippen LogP contribution >= 0.6 is 11.6 Å². The van der Waals surface area contributed by atoms with Crippen molar-refractivity contribution in [1.29, 1.82) is 0 Å². The highest BCUT2D eigenvalue weighted by molar-refractivity contribution is 6.31.